The summed E-state index contributed by atoms with van der Waals surface area (Å²) in [7, 11) is 0. The van der Waals surface area contributed by atoms with Gasteiger partial charge in [0.15, 0.2) is 5.84 Å². The molecule has 0 bridgehead atoms. The molecule has 1 rings (SSSR count). The van der Waals surface area contributed by atoms with Crippen molar-refractivity contribution in [2.45, 2.75) is 27.2 Å². The van der Waals surface area contributed by atoms with Crippen molar-refractivity contribution in [2.75, 3.05) is 11.4 Å². The molecular formula is C14H21N3O2. The summed E-state index contributed by atoms with van der Waals surface area (Å²) in [6.45, 7) is 6.27. The van der Waals surface area contributed by atoms with Crippen LogP contribution in [0.25, 0.3) is 0 Å². The average molecular weight is 263 g/mol. The molecule has 0 aliphatic rings. The van der Waals surface area contributed by atoms with Crippen molar-refractivity contribution in [3.8, 4) is 0 Å². The van der Waals surface area contributed by atoms with E-state index in [0.717, 1.165) is 11.3 Å². The highest BCUT2D eigenvalue weighted by molar-refractivity contribution is 6.08. The highest BCUT2D eigenvalue weighted by atomic mass is 16.4. The van der Waals surface area contributed by atoms with Crippen LogP contribution in [-0.4, -0.2) is 23.5 Å². The van der Waals surface area contributed by atoms with Gasteiger partial charge in [-0.1, -0.05) is 29.8 Å². The number of nitrogens with zero attached hydrogens (tertiary/aromatic N) is 2. The fourth-order valence-corrected chi connectivity index (χ4v) is 1.96. The third-order valence-electron chi connectivity index (χ3n) is 3.11. The normalized spacial score (nSPS) is 13.1. The first-order valence-electron chi connectivity index (χ1n) is 6.40. The first-order chi connectivity index (χ1) is 9.04. The Bertz CT molecular complexity index is 454. The third-order valence-corrected chi connectivity index (χ3v) is 3.11. The van der Waals surface area contributed by atoms with E-state index in [9.17, 15) is 4.79 Å². The lowest BCUT2D eigenvalue weighted by molar-refractivity contribution is -0.120. The number of oxime groups is 1. The van der Waals surface area contributed by atoms with Gasteiger partial charge in [-0.15, -0.1) is 0 Å². The van der Waals surface area contributed by atoms with Gasteiger partial charge in [-0.2, -0.15) is 0 Å². The number of hydrogen-bond donors (Lipinski definition) is 2. The fraction of sp³-hybridized carbons (Fsp3) is 0.429. The lowest BCUT2D eigenvalue weighted by Crippen LogP contribution is -2.41. The largest absolute Gasteiger partial charge is 0.409 e. The number of aryl methyl sites for hydroxylation is 1. The van der Waals surface area contributed by atoms with Gasteiger partial charge in [0.05, 0.1) is 5.92 Å². The van der Waals surface area contributed by atoms with Crippen molar-refractivity contribution in [1.82, 2.24) is 0 Å². The van der Waals surface area contributed by atoms with Crippen LogP contribution < -0.4 is 10.6 Å². The number of carbonyl (C=O) groups is 1. The highest BCUT2D eigenvalue weighted by Gasteiger charge is 2.26. The second-order valence-corrected chi connectivity index (χ2v) is 4.40. The third kappa shape index (κ3) is 3.47. The zero-order chi connectivity index (χ0) is 14.4. The minimum Gasteiger partial charge on any atom is -0.409 e. The Hall–Kier alpha value is -2.04. The molecule has 1 unspecified atom stereocenters. The van der Waals surface area contributed by atoms with Crippen molar-refractivity contribution in [3.05, 3.63) is 29.8 Å². The lowest BCUT2D eigenvalue weighted by Gasteiger charge is -2.25. The van der Waals surface area contributed by atoms with Crippen LogP contribution in [0.2, 0.25) is 0 Å². The number of carbonyl (C=O) groups excluding carboxylic acids is 1. The quantitative estimate of drug-likeness (QED) is 0.369. The summed E-state index contributed by atoms with van der Waals surface area (Å²) >= 11 is 0. The van der Waals surface area contributed by atoms with Crippen LogP contribution in [-0.2, 0) is 4.79 Å². The predicted octanol–water partition coefficient (Wildman–Crippen LogP) is 2.12. The smallest absolute Gasteiger partial charge is 0.237 e. The molecular weight excluding hydrogens is 242 g/mol. The van der Waals surface area contributed by atoms with Gasteiger partial charge in [0.25, 0.3) is 0 Å². The average Bonchev–Trinajstić information content (AvgIpc) is 2.42. The van der Waals surface area contributed by atoms with Gasteiger partial charge in [0.2, 0.25) is 5.91 Å². The van der Waals surface area contributed by atoms with Crippen LogP contribution in [0.5, 0.6) is 0 Å². The van der Waals surface area contributed by atoms with Crippen molar-refractivity contribution >= 4 is 17.4 Å². The Morgan fingerprint density at radius 3 is 2.37 bits per heavy atom. The summed E-state index contributed by atoms with van der Waals surface area (Å²) < 4.78 is 0. The second kappa shape index (κ2) is 6.78. The Labute approximate surface area is 113 Å². The molecule has 5 heteroatoms. The van der Waals surface area contributed by atoms with Crippen LogP contribution in [0.4, 0.5) is 5.69 Å². The van der Waals surface area contributed by atoms with Crippen LogP contribution >= 0.6 is 0 Å². The summed E-state index contributed by atoms with van der Waals surface area (Å²) in [5.74, 6) is -0.784. The van der Waals surface area contributed by atoms with E-state index in [0.29, 0.717) is 13.0 Å². The van der Waals surface area contributed by atoms with E-state index in [1.165, 1.54) is 0 Å². The van der Waals surface area contributed by atoms with Crippen molar-refractivity contribution in [1.29, 1.82) is 0 Å². The van der Waals surface area contributed by atoms with E-state index in [-0.39, 0.29) is 11.7 Å². The van der Waals surface area contributed by atoms with Gasteiger partial charge in [-0.3, -0.25) is 4.79 Å². The van der Waals surface area contributed by atoms with E-state index in [1.54, 1.807) is 4.90 Å². The van der Waals surface area contributed by atoms with E-state index < -0.39 is 5.92 Å². The monoisotopic (exact) mass is 263 g/mol. The molecule has 3 N–H and O–H groups in total. The standard InChI is InChI=1S/C14H21N3O2/c1-4-12(13(15)16-19)14(18)17(5-2)11-8-6-10(3)7-9-11/h6-9,12,19H,4-5H2,1-3H3,(H2,15,16). The Kier molecular flexibility index (Phi) is 5.36. The lowest BCUT2D eigenvalue weighted by atomic mass is 10.0. The number of amidine groups is 1. The molecule has 0 saturated heterocycles. The summed E-state index contributed by atoms with van der Waals surface area (Å²) in [6.07, 6.45) is 0.497. The Balaban J connectivity index is 3.02. The summed E-state index contributed by atoms with van der Waals surface area (Å²) in [5, 5.41) is 11.7. The van der Waals surface area contributed by atoms with Gasteiger partial charge in [0.1, 0.15) is 0 Å². The maximum Gasteiger partial charge on any atom is 0.237 e. The van der Waals surface area contributed by atoms with Crippen molar-refractivity contribution in [3.63, 3.8) is 0 Å². The predicted molar refractivity (Wildman–Crippen MR) is 76.4 cm³/mol. The molecule has 0 saturated carbocycles. The SMILES string of the molecule is CCC(C(=O)N(CC)c1ccc(C)cc1)C(N)=NO. The van der Waals surface area contributed by atoms with Crippen LogP contribution in [0, 0.1) is 12.8 Å². The molecule has 19 heavy (non-hydrogen) atoms. The van der Waals surface area contributed by atoms with Gasteiger partial charge in [0, 0.05) is 12.2 Å². The number of benzene rings is 1. The molecule has 0 aliphatic carbocycles. The van der Waals surface area contributed by atoms with Crippen molar-refractivity contribution in [2.24, 2.45) is 16.8 Å². The number of hydrogen-bond acceptors (Lipinski definition) is 3. The first-order valence-corrected chi connectivity index (χ1v) is 6.40. The molecule has 1 atom stereocenters. The maximum atomic E-state index is 12.4. The number of anilines is 1. The van der Waals surface area contributed by atoms with Crippen LogP contribution in [0.15, 0.2) is 29.4 Å². The first kappa shape index (κ1) is 15.0. The molecule has 0 fully saturated rings. The van der Waals surface area contributed by atoms with E-state index in [2.05, 4.69) is 5.16 Å². The highest BCUT2D eigenvalue weighted by Crippen LogP contribution is 2.19. The number of nitrogens with two attached hydrogens (primary N) is 1. The second-order valence-electron chi connectivity index (χ2n) is 4.40. The molecule has 104 valence electrons. The molecule has 0 aliphatic heterocycles. The molecule has 0 spiro atoms. The maximum absolute atomic E-state index is 12.4. The van der Waals surface area contributed by atoms with Crippen LogP contribution in [0.3, 0.4) is 0 Å². The summed E-state index contributed by atoms with van der Waals surface area (Å²) in [5.41, 5.74) is 7.53. The molecule has 0 heterocycles. The van der Waals surface area contributed by atoms with E-state index in [4.69, 9.17) is 10.9 Å². The molecule has 1 amide bonds. The summed E-state index contributed by atoms with van der Waals surface area (Å²) in [6, 6.07) is 7.71. The molecule has 1 aromatic carbocycles. The zero-order valence-electron chi connectivity index (χ0n) is 11.6. The fourth-order valence-electron chi connectivity index (χ4n) is 1.96. The topological polar surface area (TPSA) is 78.9 Å². The van der Waals surface area contributed by atoms with Gasteiger partial charge < -0.3 is 15.8 Å². The van der Waals surface area contributed by atoms with Gasteiger partial charge in [-0.25, -0.2) is 0 Å². The van der Waals surface area contributed by atoms with E-state index >= 15 is 0 Å². The number of rotatable bonds is 5. The summed E-state index contributed by atoms with van der Waals surface area (Å²) in [4.78, 5) is 14.1. The van der Waals surface area contributed by atoms with Gasteiger partial charge >= 0.3 is 0 Å². The molecule has 0 radical (unpaired) electrons. The molecule has 1 aromatic rings. The number of amides is 1. The molecule has 5 nitrogen and oxygen atoms in total. The Morgan fingerprint density at radius 1 is 1.37 bits per heavy atom. The zero-order valence-corrected chi connectivity index (χ0v) is 11.6. The minimum atomic E-state index is -0.591. The van der Waals surface area contributed by atoms with Crippen molar-refractivity contribution < 1.29 is 10.0 Å². The van der Waals surface area contributed by atoms with Gasteiger partial charge in [-0.05, 0) is 32.4 Å². The minimum absolute atomic E-state index is 0.0435. The molecule has 0 aromatic heterocycles. The van der Waals surface area contributed by atoms with E-state index in [1.807, 2.05) is 45.0 Å². The van der Waals surface area contributed by atoms with Crippen LogP contribution in [0.1, 0.15) is 25.8 Å². The Morgan fingerprint density at radius 2 is 1.95 bits per heavy atom.